The largest absolute Gasteiger partial charge is 0.496 e. The second-order valence-electron chi connectivity index (χ2n) is 8.42. The molecule has 1 aliphatic heterocycles. The number of pyridine rings is 1. The molecule has 2 heterocycles. The molecule has 1 amide bonds. The van der Waals surface area contributed by atoms with Gasteiger partial charge in [0.1, 0.15) is 11.4 Å². The van der Waals surface area contributed by atoms with E-state index in [9.17, 15) is 4.79 Å². The van der Waals surface area contributed by atoms with Crippen molar-refractivity contribution in [2.24, 2.45) is 0 Å². The van der Waals surface area contributed by atoms with Crippen molar-refractivity contribution in [2.45, 2.75) is 65.3 Å². The van der Waals surface area contributed by atoms with Crippen LogP contribution in [0.3, 0.4) is 0 Å². The van der Waals surface area contributed by atoms with Gasteiger partial charge >= 0.3 is 13.2 Å². The Morgan fingerprint density at radius 1 is 1.15 bits per heavy atom. The third-order valence-electron chi connectivity index (χ3n) is 4.41. The van der Waals surface area contributed by atoms with Gasteiger partial charge in [0, 0.05) is 24.7 Å². The van der Waals surface area contributed by atoms with Gasteiger partial charge in [-0.3, -0.25) is 0 Å². The number of nitrogens with zero attached hydrogens (tertiary/aromatic N) is 1. The lowest BCUT2D eigenvalue weighted by Crippen LogP contribution is -2.41. The zero-order chi connectivity index (χ0) is 19.6. The number of rotatable bonds is 5. The molecular formula is C18H30BN3O4. The van der Waals surface area contributed by atoms with Crippen molar-refractivity contribution < 1.29 is 18.8 Å². The van der Waals surface area contributed by atoms with Crippen LogP contribution in [0.4, 0.5) is 10.6 Å². The second kappa shape index (κ2) is 7.44. The summed E-state index contributed by atoms with van der Waals surface area (Å²) in [5.74, 6) is 0.719. The standard InChI is InChI=1S/C18H30BN3O4/c1-16(2,3)24-15(23)21-11-10-20-14-9-8-13(12-22-14)19-25-17(4,5)18(6,7)26-19/h8-9,12H,10-11H2,1-7H3,(H,20,22)(H,21,23). The summed E-state index contributed by atoms with van der Waals surface area (Å²) in [7, 11) is -0.421. The Balaban J connectivity index is 1.79. The maximum atomic E-state index is 11.6. The van der Waals surface area contributed by atoms with Crippen LogP contribution >= 0.6 is 0 Å². The van der Waals surface area contributed by atoms with Gasteiger partial charge in [0.2, 0.25) is 0 Å². The minimum absolute atomic E-state index is 0.373. The van der Waals surface area contributed by atoms with Crippen LogP contribution in [0.25, 0.3) is 0 Å². The maximum Gasteiger partial charge on any atom is 0.496 e. The number of anilines is 1. The van der Waals surface area contributed by atoms with Gasteiger partial charge in [-0.25, -0.2) is 9.78 Å². The Labute approximate surface area is 156 Å². The van der Waals surface area contributed by atoms with Crippen molar-refractivity contribution in [2.75, 3.05) is 18.4 Å². The molecule has 1 aliphatic rings. The van der Waals surface area contributed by atoms with Crippen molar-refractivity contribution >= 4 is 24.5 Å². The van der Waals surface area contributed by atoms with Gasteiger partial charge in [0.05, 0.1) is 11.2 Å². The first-order valence-electron chi connectivity index (χ1n) is 8.92. The zero-order valence-corrected chi connectivity index (χ0v) is 16.8. The summed E-state index contributed by atoms with van der Waals surface area (Å²) in [4.78, 5) is 15.9. The molecular weight excluding hydrogens is 333 g/mol. The Morgan fingerprint density at radius 3 is 2.27 bits per heavy atom. The van der Waals surface area contributed by atoms with E-state index in [1.54, 1.807) is 6.20 Å². The number of hydrogen-bond donors (Lipinski definition) is 2. The van der Waals surface area contributed by atoms with Gasteiger partial charge in [-0.15, -0.1) is 0 Å². The fraction of sp³-hybridized carbons (Fsp3) is 0.667. The molecule has 0 atom stereocenters. The molecule has 2 rings (SSSR count). The summed E-state index contributed by atoms with van der Waals surface area (Å²) in [5.41, 5.74) is -0.368. The lowest BCUT2D eigenvalue weighted by Gasteiger charge is -2.32. The lowest BCUT2D eigenvalue weighted by atomic mass is 9.80. The smallest absolute Gasteiger partial charge is 0.444 e. The van der Waals surface area contributed by atoms with Crippen molar-refractivity contribution in [3.05, 3.63) is 18.3 Å². The zero-order valence-electron chi connectivity index (χ0n) is 16.8. The monoisotopic (exact) mass is 363 g/mol. The van der Waals surface area contributed by atoms with Crippen molar-refractivity contribution in [1.82, 2.24) is 10.3 Å². The van der Waals surface area contributed by atoms with Gasteiger partial charge in [0.15, 0.2) is 0 Å². The number of amides is 1. The van der Waals surface area contributed by atoms with Gasteiger partial charge in [0.25, 0.3) is 0 Å². The predicted molar refractivity (Wildman–Crippen MR) is 103 cm³/mol. The number of hydrogen-bond acceptors (Lipinski definition) is 6. The van der Waals surface area contributed by atoms with Crippen LogP contribution in [0.5, 0.6) is 0 Å². The molecule has 0 radical (unpaired) electrons. The highest BCUT2D eigenvalue weighted by Crippen LogP contribution is 2.36. The number of nitrogens with one attached hydrogen (secondary N) is 2. The number of ether oxygens (including phenoxy) is 1. The lowest BCUT2D eigenvalue weighted by molar-refractivity contribution is 0.00578. The van der Waals surface area contributed by atoms with Crippen molar-refractivity contribution in [3.8, 4) is 0 Å². The quantitative estimate of drug-likeness (QED) is 0.617. The van der Waals surface area contributed by atoms with Crippen LogP contribution in [-0.4, -0.2) is 48.1 Å². The third kappa shape index (κ3) is 5.35. The van der Waals surface area contributed by atoms with E-state index >= 15 is 0 Å². The molecule has 1 aromatic rings. The van der Waals surface area contributed by atoms with E-state index in [-0.39, 0.29) is 11.2 Å². The fourth-order valence-corrected chi connectivity index (χ4v) is 2.30. The van der Waals surface area contributed by atoms with Crippen LogP contribution < -0.4 is 16.1 Å². The van der Waals surface area contributed by atoms with Crippen LogP contribution in [0.2, 0.25) is 0 Å². The molecule has 1 aromatic heterocycles. The topological polar surface area (TPSA) is 81.7 Å². The molecule has 1 fully saturated rings. The normalized spacial score (nSPS) is 18.5. The van der Waals surface area contributed by atoms with Crippen LogP contribution in [-0.2, 0) is 14.0 Å². The van der Waals surface area contributed by atoms with Gasteiger partial charge in [-0.05, 0) is 54.5 Å². The molecule has 1 saturated heterocycles. The number of aromatic nitrogens is 1. The maximum absolute atomic E-state index is 11.6. The summed E-state index contributed by atoms with van der Waals surface area (Å²) in [6, 6.07) is 3.80. The minimum Gasteiger partial charge on any atom is -0.444 e. The summed E-state index contributed by atoms with van der Waals surface area (Å²) >= 11 is 0. The molecule has 2 N–H and O–H groups in total. The van der Waals surface area contributed by atoms with E-state index < -0.39 is 18.8 Å². The molecule has 0 saturated carbocycles. The first-order valence-corrected chi connectivity index (χ1v) is 8.92. The molecule has 0 aromatic carbocycles. The number of carbonyl (C=O) groups excluding carboxylic acids is 1. The van der Waals surface area contributed by atoms with Gasteiger partial charge < -0.3 is 24.7 Å². The molecule has 8 heteroatoms. The van der Waals surface area contributed by atoms with Gasteiger partial charge in [-0.2, -0.15) is 0 Å². The van der Waals surface area contributed by atoms with Crippen molar-refractivity contribution in [1.29, 1.82) is 0 Å². The van der Waals surface area contributed by atoms with E-state index in [4.69, 9.17) is 14.0 Å². The summed E-state index contributed by atoms with van der Waals surface area (Å²) in [6.45, 7) is 14.6. The number of alkyl carbamates (subject to hydrolysis) is 1. The average molecular weight is 363 g/mol. The highest BCUT2D eigenvalue weighted by atomic mass is 16.7. The van der Waals surface area contributed by atoms with E-state index in [0.29, 0.717) is 13.1 Å². The van der Waals surface area contributed by atoms with Crippen LogP contribution in [0.1, 0.15) is 48.5 Å². The first kappa shape index (κ1) is 20.5. The summed E-state index contributed by atoms with van der Waals surface area (Å²) in [6.07, 6.45) is 1.31. The Bertz CT molecular complexity index is 610. The summed E-state index contributed by atoms with van der Waals surface area (Å²) < 4.78 is 17.2. The first-order chi connectivity index (χ1) is 11.9. The second-order valence-corrected chi connectivity index (χ2v) is 8.42. The third-order valence-corrected chi connectivity index (χ3v) is 4.41. The molecule has 0 bridgehead atoms. The Morgan fingerprint density at radius 2 is 1.77 bits per heavy atom. The molecule has 7 nitrogen and oxygen atoms in total. The predicted octanol–water partition coefficient (Wildman–Crippen LogP) is 2.32. The van der Waals surface area contributed by atoms with E-state index in [1.807, 2.05) is 60.6 Å². The SMILES string of the molecule is CC(C)(C)OC(=O)NCCNc1ccc(B2OC(C)(C)C(C)(C)O2)cn1. The highest BCUT2D eigenvalue weighted by molar-refractivity contribution is 6.62. The van der Waals surface area contributed by atoms with Crippen LogP contribution in [0, 0.1) is 0 Å². The van der Waals surface area contributed by atoms with E-state index in [0.717, 1.165) is 11.3 Å². The minimum atomic E-state index is -0.498. The molecule has 0 spiro atoms. The fourth-order valence-electron chi connectivity index (χ4n) is 2.30. The van der Waals surface area contributed by atoms with E-state index in [2.05, 4.69) is 15.6 Å². The Kier molecular flexibility index (Phi) is 5.87. The van der Waals surface area contributed by atoms with Crippen molar-refractivity contribution in [3.63, 3.8) is 0 Å². The average Bonchev–Trinajstić information content (AvgIpc) is 2.71. The molecule has 0 aliphatic carbocycles. The molecule has 26 heavy (non-hydrogen) atoms. The highest BCUT2D eigenvalue weighted by Gasteiger charge is 2.51. The Hall–Kier alpha value is -1.80. The number of carbonyl (C=O) groups is 1. The molecule has 0 unspecified atom stereocenters. The summed E-state index contributed by atoms with van der Waals surface area (Å²) in [5, 5.41) is 5.84. The van der Waals surface area contributed by atoms with Crippen LogP contribution in [0.15, 0.2) is 18.3 Å². The molecule has 144 valence electrons. The van der Waals surface area contributed by atoms with Gasteiger partial charge in [-0.1, -0.05) is 6.07 Å². The van der Waals surface area contributed by atoms with E-state index in [1.165, 1.54) is 0 Å².